The van der Waals surface area contributed by atoms with Crippen molar-refractivity contribution in [3.8, 4) is 0 Å². The van der Waals surface area contributed by atoms with Crippen LogP contribution in [-0.2, 0) is 4.74 Å². The fourth-order valence-corrected chi connectivity index (χ4v) is 3.27. The summed E-state index contributed by atoms with van der Waals surface area (Å²) in [6.45, 7) is 13.2. The van der Waals surface area contributed by atoms with Gasteiger partial charge in [-0.1, -0.05) is 76.9 Å². The molecule has 166 valence electrons. The van der Waals surface area contributed by atoms with E-state index in [-0.39, 0.29) is 5.41 Å². The van der Waals surface area contributed by atoms with Gasteiger partial charge in [-0.25, -0.2) is 0 Å². The van der Waals surface area contributed by atoms with Crippen LogP contribution in [0, 0.1) is 19.3 Å². The Labute approximate surface area is 178 Å². The molecular formula is C26H51NO. The zero-order chi connectivity index (χ0) is 20.9. The average molecular weight is 394 g/mol. The summed E-state index contributed by atoms with van der Waals surface area (Å²) in [6, 6.07) is 0. The molecule has 0 amide bonds. The highest BCUT2D eigenvalue weighted by Crippen LogP contribution is 2.20. The first-order chi connectivity index (χ1) is 13.5. The van der Waals surface area contributed by atoms with Crippen molar-refractivity contribution in [1.29, 1.82) is 0 Å². The first kappa shape index (κ1) is 27.7. The number of hydrogen-bond donors (Lipinski definition) is 0. The number of ether oxygens (including phenoxy) is 1. The Hall–Kier alpha value is -0.340. The molecular weight excluding hydrogens is 342 g/mol. The molecule has 0 aliphatic heterocycles. The third kappa shape index (κ3) is 22.0. The third-order valence-electron chi connectivity index (χ3n) is 5.30. The molecule has 0 aliphatic carbocycles. The zero-order valence-electron chi connectivity index (χ0n) is 19.7. The van der Waals surface area contributed by atoms with Gasteiger partial charge in [0.2, 0.25) is 0 Å². The molecule has 0 atom stereocenters. The van der Waals surface area contributed by atoms with Gasteiger partial charge in [0.05, 0.1) is 6.61 Å². The molecule has 0 unspecified atom stereocenters. The normalized spacial score (nSPS) is 12.5. The number of allylic oxidation sites excluding steroid dienone is 2. The van der Waals surface area contributed by atoms with Gasteiger partial charge in [0.15, 0.2) is 0 Å². The van der Waals surface area contributed by atoms with Crippen LogP contribution >= 0.6 is 0 Å². The molecule has 0 aromatic heterocycles. The van der Waals surface area contributed by atoms with Gasteiger partial charge in [-0.2, -0.15) is 0 Å². The molecule has 2 heteroatoms. The van der Waals surface area contributed by atoms with Crippen LogP contribution in [0.3, 0.4) is 0 Å². The third-order valence-corrected chi connectivity index (χ3v) is 5.30. The van der Waals surface area contributed by atoms with Gasteiger partial charge in [0.25, 0.3) is 0 Å². The molecule has 28 heavy (non-hydrogen) atoms. The lowest BCUT2D eigenvalue weighted by atomic mass is 9.90. The Balaban J connectivity index is 3.26. The highest BCUT2D eigenvalue weighted by Gasteiger charge is 2.18. The van der Waals surface area contributed by atoms with E-state index in [1.807, 2.05) is 0 Å². The molecule has 0 aliphatic rings. The van der Waals surface area contributed by atoms with Crippen molar-refractivity contribution in [2.24, 2.45) is 5.41 Å². The van der Waals surface area contributed by atoms with Gasteiger partial charge in [-0.3, -0.25) is 0 Å². The summed E-state index contributed by atoms with van der Waals surface area (Å²) >= 11 is 0. The highest BCUT2D eigenvalue weighted by molar-refractivity contribution is 4.85. The van der Waals surface area contributed by atoms with Crippen LogP contribution in [0.15, 0.2) is 12.2 Å². The quantitative estimate of drug-likeness (QED) is 0.147. The zero-order valence-corrected chi connectivity index (χ0v) is 19.7. The lowest BCUT2D eigenvalue weighted by Gasteiger charge is -2.25. The largest absolute Gasteiger partial charge is 0.381 e. The van der Waals surface area contributed by atoms with E-state index in [0.717, 1.165) is 19.6 Å². The molecule has 0 aromatic carbocycles. The molecule has 0 saturated carbocycles. The maximum absolute atomic E-state index is 5.80. The van der Waals surface area contributed by atoms with E-state index in [1.165, 1.54) is 89.9 Å². The van der Waals surface area contributed by atoms with Gasteiger partial charge < -0.3 is 9.64 Å². The minimum Gasteiger partial charge on any atom is -0.381 e. The van der Waals surface area contributed by atoms with Gasteiger partial charge in [-0.15, -0.1) is 0 Å². The van der Waals surface area contributed by atoms with E-state index < -0.39 is 0 Å². The van der Waals surface area contributed by atoms with Gasteiger partial charge in [0, 0.05) is 6.61 Å². The van der Waals surface area contributed by atoms with Crippen molar-refractivity contribution in [2.45, 2.75) is 103 Å². The summed E-state index contributed by atoms with van der Waals surface area (Å²) in [5.41, 5.74) is -0.202. The lowest BCUT2D eigenvalue weighted by molar-refractivity contribution is 0.0756. The fourth-order valence-electron chi connectivity index (χ4n) is 3.27. The molecule has 0 rings (SSSR count). The summed E-state index contributed by atoms with van der Waals surface area (Å²) in [6.07, 6.45) is 24.6. The maximum Gasteiger partial charge on any atom is 0.0522 e. The maximum atomic E-state index is 5.80. The lowest BCUT2D eigenvalue weighted by Crippen LogP contribution is -2.26. The van der Waals surface area contributed by atoms with Crippen molar-refractivity contribution in [1.82, 2.24) is 4.90 Å². The molecule has 0 bridgehead atoms. The summed E-state index contributed by atoms with van der Waals surface area (Å²) < 4.78 is 5.80. The average Bonchev–Trinajstić information content (AvgIpc) is 2.65. The van der Waals surface area contributed by atoms with Crippen LogP contribution < -0.4 is 0 Å². The highest BCUT2D eigenvalue weighted by atomic mass is 16.5. The molecule has 0 N–H and O–H groups in total. The first-order valence-corrected chi connectivity index (χ1v) is 12.1. The van der Waals surface area contributed by atoms with Crippen LogP contribution in [0.5, 0.6) is 0 Å². The van der Waals surface area contributed by atoms with Crippen LogP contribution in [0.25, 0.3) is 0 Å². The van der Waals surface area contributed by atoms with E-state index in [2.05, 4.69) is 51.9 Å². The van der Waals surface area contributed by atoms with Crippen LogP contribution in [0.1, 0.15) is 103 Å². The summed E-state index contributed by atoms with van der Waals surface area (Å²) in [4.78, 5) is 2.18. The molecule has 2 radical (unpaired) electrons. The Morgan fingerprint density at radius 3 is 1.79 bits per heavy atom. The number of hydrogen-bond acceptors (Lipinski definition) is 2. The van der Waals surface area contributed by atoms with E-state index >= 15 is 0 Å². The Morgan fingerprint density at radius 1 is 0.750 bits per heavy atom. The number of rotatable bonds is 21. The van der Waals surface area contributed by atoms with Crippen molar-refractivity contribution >= 4 is 0 Å². The first-order valence-electron chi connectivity index (χ1n) is 12.1. The molecule has 0 heterocycles. The van der Waals surface area contributed by atoms with Gasteiger partial charge in [-0.05, 0) is 78.4 Å². The summed E-state index contributed by atoms with van der Waals surface area (Å²) in [5.74, 6) is 0. The van der Waals surface area contributed by atoms with Gasteiger partial charge in [0.1, 0.15) is 0 Å². The summed E-state index contributed by atoms with van der Waals surface area (Å²) in [7, 11) is 4.17. The van der Waals surface area contributed by atoms with E-state index in [4.69, 9.17) is 4.74 Å². The molecule has 0 fully saturated rings. The van der Waals surface area contributed by atoms with Crippen molar-refractivity contribution in [3.63, 3.8) is 0 Å². The Morgan fingerprint density at radius 2 is 1.25 bits per heavy atom. The number of unbranched alkanes of at least 4 members (excludes halogenated alkanes) is 12. The van der Waals surface area contributed by atoms with Crippen molar-refractivity contribution in [2.75, 3.05) is 33.9 Å². The predicted octanol–water partition coefficient (Wildman–Crippen LogP) is 7.65. The Bertz CT molecular complexity index is 335. The smallest absolute Gasteiger partial charge is 0.0522 e. The fraction of sp³-hybridized carbons (Fsp3) is 0.846. The molecule has 0 aromatic rings. The second-order valence-corrected chi connectivity index (χ2v) is 9.04. The SMILES string of the molecule is [CH2]C([CH2])(CCN(C)C)COCCCCCCCC/C=C\CCCCCCCC. The van der Waals surface area contributed by atoms with Crippen LogP contribution in [-0.4, -0.2) is 38.8 Å². The second kappa shape index (κ2) is 20.0. The van der Waals surface area contributed by atoms with Gasteiger partial charge >= 0.3 is 0 Å². The topological polar surface area (TPSA) is 12.5 Å². The minimum absolute atomic E-state index is 0.202. The Kier molecular flexibility index (Phi) is 19.7. The molecule has 0 saturated heterocycles. The van der Waals surface area contributed by atoms with E-state index in [1.54, 1.807) is 0 Å². The standard InChI is InChI=1S/C26H51NO/c1-6-7-8-9-10-11-12-13-14-15-16-17-18-19-20-21-24-28-25-26(2,3)22-23-27(4)5/h13-14H,2-3,6-12,15-25H2,1,4-5H3/b14-13-. The van der Waals surface area contributed by atoms with E-state index in [9.17, 15) is 0 Å². The number of nitrogens with zero attached hydrogens (tertiary/aromatic N) is 1. The minimum atomic E-state index is -0.202. The van der Waals surface area contributed by atoms with Crippen LogP contribution in [0.4, 0.5) is 0 Å². The van der Waals surface area contributed by atoms with Crippen LogP contribution in [0.2, 0.25) is 0 Å². The van der Waals surface area contributed by atoms with E-state index in [0.29, 0.717) is 6.61 Å². The molecule has 2 nitrogen and oxygen atoms in total. The summed E-state index contributed by atoms with van der Waals surface area (Å²) in [5, 5.41) is 0. The monoisotopic (exact) mass is 393 g/mol. The molecule has 0 spiro atoms. The van der Waals surface area contributed by atoms with Crippen molar-refractivity contribution < 1.29 is 4.74 Å². The predicted molar refractivity (Wildman–Crippen MR) is 127 cm³/mol. The van der Waals surface area contributed by atoms with Crippen molar-refractivity contribution in [3.05, 3.63) is 26.0 Å². The second-order valence-electron chi connectivity index (χ2n) is 9.04.